The minimum atomic E-state index is -4.82. The molecular formula is C18H16F6N3O+. The monoisotopic (exact) mass is 404 g/mol. The van der Waals surface area contributed by atoms with Gasteiger partial charge in [-0.3, -0.25) is 0 Å². The van der Waals surface area contributed by atoms with Crippen LogP contribution in [0.2, 0.25) is 0 Å². The molecule has 150 valence electrons. The summed E-state index contributed by atoms with van der Waals surface area (Å²) in [5, 5.41) is 0.185. The zero-order valence-electron chi connectivity index (χ0n) is 15.3. The van der Waals surface area contributed by atoms with Gasteiger partial charge >= 0.3 is 12.4 Å². The second kappa shape index (κ2) is 6.39. The lowest BCUT2D eigenvalue weighted by Crippen LogP contribution is -2.25. The minimum Gasteiger partial charge on any atom is -0.452 e. The first-order valence-corrected chi connectivity index (χ1v) is 8.03. The fraction of sp³-hybridized carbons (Fsp3) is 0.333. The van der Waals surface area contributed by atoms with Crippen LogP contribution in [-0.4, -0.2) is 33.2 Å². The number of hydrogen-bond acceptors (Lipinski definition) is 3. The highest BCUT2D eigenvalue weighted by molar-refractivity contribution is 5.84. The largest absolute Gasteiger partial charge is 0.452 e. The van der Waals surface area contributed by atoms with Gasteiger partial charge in [0, 0.05) is 31.9 Å². The van der Waals surface area contributed by atoms with Crippen molar-refractivity contribution >= 4 is 16.8 Å². The SMILES string of the molecule is CN(C)c1cc(C(F)(F)F)c2nc3c(C(F)(F)F)cc(=[N+](C)C)cc-3oc2c1. The number of aromatic nitrogens is 1. The maximum atomic E-state index is 13.5. The van der Waals surface area contributed by atoms with Crippen LogP contribution >= 0.6 is 0 Å². The predicted molar refractivity (Wildman–Crippen MR) is 92.1 cm³/mol. The number of rotatable bonds is 1. The van der Waals surface area contributed by atoms with Gasteiger partial charge in [-0.2, -0.15) is 26.3 Å². The molecule has 0 unspecified atom stereocenters. The van der Waals surface area contributed by atoms with E-state index in [1.807, 2.05) is 0 Å². The van der Waals surface area contributed by atoms with E-state index in [2.05, 4.69) is 4.98 Å². The summed E-state index contributed by atoms with van der Waals surface area (Å²) in [5.74, 6) is -0.255. The van der Waals surface area contributed by atoms with E-state index >= 15 is 0 Å². The molecule has 0 saturated heterocycles. The Morgan fingerprint density at radius 2 is 1.50 bits per heavy atom. The Kier molecular flexibility index (Phi) is 4.55. The number of nitrogens with zero attached hydrogens (tertiary/aromatic N) is 3. The van der Waals surface area contributed by atoms with Gasteiger partial charge in [0.15, 0.2) is 11.3 Å². The van der Waals surface area contributed by atoms with Crippen LogP contribution in [0.4, 0.5) is 32.0 Å². The average molecular weight is 404 g/mol. The average Bonchev–Trinajstić information content (AvgIpc) is 2.55. The molecule has 0 spiro atoms. The molecule has 3 rings (SSSR count). The van der Waals surface area contributed by atoms with Crippen molar-refractivity contribution in [1.29, 1.82) is 0 Å². The van der Waals surface area contributed by atoms with E-state index in [1.165, 1.54) is 21.6 Å². The van der Waals surface area contributed by atoms with Crippen molar-refractivity contribution in [3.05, 3.63) is 40.7 Å². The topological polar surface area (TPSA) is 32.3 Å². The number of hydrogen-bond donors (Lipinski definition) is 0. The van der Waals surface area contributed by atoms with Crippen LogP contribution in [0.1, 0.15) is 11.1 Å². The van der Waals surface area contributed by atoms with Crippen LogP contribution in [-0.2, 0) is 12.4 Å². The molecule has 2 aliphatic rings. The molecule has 0 aromatic heterocycles. The first kappa shape index (κ1) is 20.0. The van der Waals surface area contributed by atoms with Crippen LogP contribution in [0.3, 0.4) is 0 Å². The van der Waals surface area contributed by atoms with Crippen molar-refractivity contribution in [2.75, 3.05) is 33.1 Å². The Balaban J connectivity index is 2.54. The summed E-state index contributed by atoms with van der Waals surface area (Å²) in [6, 6.07) is 4.29. The normalized spacial score (nSPS) is 12.6. The Morgan fingerprint density at radius 3 is 2.00 bits per heavy atom. The summed E-state index contributed by atoms with van der Waals surface area (Å²) in [5.41, 5.74) is -3.74. The quantitative estimate of drug-likeness (QED) is 0.348. The van der Waals surface area contributed by atoms with Crippen molar-refractivity contribution in [1.82, 2.24) is 9.56 Å². The Labute approximate surface area is 155 Å². The lowest BCUT2D eigenvalue weighted by atomic mass is 10.1. The number of benzene rings is 2. The van der Waals surface area contributed by atoms with Crippen molar-refractivity contribution in [3.8, 4) is 11.5 Å². The molecule has 0 N–H and O–H groups in total. The number of halogens is 6. The lowest BCUT2D eigenvalue weighted by Gasteiger charge is -2.19. The number of anilines is 1. The highest BCUT2D eigenvalue weighted by Crippen LogP contribution is 2.41. The van der Waals surface area contributed by atoms with Gasteiger partial charge in [0.1, 0.15) is 25.3 Å². The summed E-state index contributed by atoms with van der Waals surface area (Å²) in [4.78, 5) is 5.18. The molecular weight excluding hydrogens is 388 g/mol. The molecule has 28 heavy (non-hydrogen) atoms. The summed E-state index contributed by atoms with van der Waals surface area (Å²) in [7, 11) is 6.17. The smallest absolute Gasteiger partial charge is 0.418 e. The van der Waals surface area contributed by atoms with Gasteiger partial charge in [0.2, 0.25) is 5.36 Å². The van der Waals surface area contributed by atoms with Crippen molar-refractivity contribution in [3.63, 3.8) is 0 Å². The highest BCUT2D eigenvalue weighted by atomic mass is 19.4. The number of fused-ring (bicyclic) bond motifs is 2. The van der Waals surface area contributed by atoms with Gasteiger partial charge in [-0.05, 0) is 6.07 Å². The molecule has 1 aromatic rings. The summed E-state index contributed by atoms with van der Waals surface area (Å²) in [6.07, 6.45) is -9.63. The first-order chi connectivity index (χ1) is 12.8. The minimum absolute atomic E-state index is 0.185. The van der Waals surface area contributed by atoms with Crippen molar-refractivity contribution < 1.29 is 30.8 Å². The Morgan fingerprint density at radius 1 is 0.893 bits per heavy atom. The summed E-state index contributed by atoms with van der Waals surface area (Å²) >= 11 is 0. The molecule has 10 heteroatoms. The summed E-state index contributed by atoms with van der Waals surface area (Å²) in [6.45, 7) is 0. The lowest BCUT2D eigenvalue weighted by molar-refractivity contribution is -0.137. The van der Waals surface area contributed by atoms with Gasteiger partial charge < -0.3 is 9.32 Å². The van der Waals surface area contributed by atoms with Crippen LogP contribution in [0.5, 0.6) is 0 Å². The van der Waals surface area contributed by atoms with Crippen LogP contribution in [0.15, 0.2) is 28.7 Å². The first-order valence-electron chi connectivity index (χ1n) is 8.03. The molecule has 0 bridgehead atoms. The fourth-order valence-electron chi connectivity index (χ4n) is 2.75. The van der Waals surface area contributed by atoms with Gasteiger partial charge in [-0.1, -0.05) is 0 Å². The van der Waals surface area contributed by atoms with E-state index in [-0.39, 0.29) is 22.4 Å². The van der Waals surface area contributed by atoms with Crippen LogP contribution < -0.4 is 14.8 Å². The van der Waals surface area contributed by atoms with Crippen molar-refractivity contribution in [2.45, 2.75) is 12.4 Å². The Bertz CT molecular complexity index is 1090. The molecule has 0 fully saturated rings. The molecule has 1 aliphatic carbocycles. The third-order valence-electron chi connectivity index (χ3n) is 4.21. The Hall–Kier alpha value is -2.78. The third-order valence-corrected chi connectivity index (χ3v) is 4.21. The second-order valence-electron chi connectivity index (χ2n) is 6.68. The highest BCUT2D eigenvalue weighted by Gasteiger charge is 2.39. The summed E-state index contributed by atoms with van der Waals surface area (Å²) < 4.78 is 88.1. The standard InChI is InChI=1S/C18H16F6N3O/c1-26(2)9-5-11(17(19,20)21)15-13(7-9)28-14-8-10(27(3)4)6-12(16(14)25-15)18(22,23)24/h5-8H,1-4H3/q+1. The van der Waals surface area contributed by atoms with E-state index < -0.39 is 34.7 Å². The maximum absolute atomic E-state index is 13.5. The van der Waals surface area contributed by atoms with Gasteiger partial charge in [-0.25, -0.2) is 9.56 Å². The molecule has 0 atom stereocenters. The van der Waals surface area contributed by atoms with Crippen LogP contribution in [0, 0.1) is 0 Å². The van der Waals surface area contributed by atoms with E-state index in [9.17, 15) is 26.3 Å². The second-order valence-corrected chi connectivity index (χ2v) is 6.68. The van der Waals surface area contributed by atoms with E-state index in [1.54, 1.807) is 28.2 Å². The fourth-order valence-corrected chi connectivity index (χ4v) is 2.75. The van der Waals surface area contributed by atoms with E-state index in [0.717, 1.165) is 12.1 Å². The molecule has 0 radical (unpaired) electrons. The van der Waals surface area contributed by atoms with Crippen LogP contribution in [0.25, 0.3) is 22.6 Å². The molecule has 0 amide bonds. The van der Waals surface area contributed by atoms with E-state index in [4.69, 9.17) is 4.42 Å². The van der Waals surface area contributed by atoms with Gasteiger partial charge in [0.05, 0.1) is 17.2 Å². The molecule has 4 nitrogen and oxygen atoms in total. The zero-order valence-corrected chi connectivity index (χ0v) is 15.3. The molecule has 0 saturated carbocycles. The molecule has 1 heterocycles. The van der Waals surface area contributed by atoms with Gasteiger partial charge in [0.25, 0.3) is 0 Å². The molecule has 1 aliphatic heterocycles. The maximum Gasteiger partial charge on any atom is 0.418 e. The van der Waals surface area contributed by atoms with Crippen molar-refractivity contribution in [2.24, 2.45) is 0 Å². The third kappa shape index (κ3) is 3.50. The van der Waals surface area contributed by atoms with E-state index in [0.29, 0.717) is 0 Å². The predicted octanol–water partition coefficient (Wildman–Crippen LogP) is 4.07. The molecule has 1 aromatic carbocycles. The van der Waals surface area contributed by atoms with Gasteiger partial charge in [-0.15, -0.1) is 0 Å². The zero-order chi connectivity index (χ0) is 21.0. The number of alkyl halides is 6.